The van der Waals surface area contributed by atoms with Gasteiger partial charge in [0.15, 0.2) is 0 Å². The number of anilines is 2. The summed E-state index contributed by atoms with van der Waals surface area (Å²) in [5.41, 5.74) is -0.196. The van der Waals surface area contributed by atoms with Crippen LogP contribution in [0.15, 0.2) is 30.6 Å². The van der Waals surface area contributed by atoms with Crippen molar-refractivity contribution in [2.45, 2.75) is 31.5 Å². The minimum atomic E-state index is -4.47. The molecule has 1 atom stereocenters. The van der Waals surface area contributed by atoms with Crippen LogP contribution in [-0.4, -0.2) is 46.0 Å². The molecular formula is C18H20F3N5O2. The van der Waals surface area contributed by atoms with E-state index < -0.39 is 11.7 Å². The Bertz CT molecular complexity index is 831. The molecule has 0 saturated carbocycles. The number of amides is 1. The average Bonchev–Trinajstić information content (AvgIpc) is 2.68. The van der Waals surface area contributed by atoms with Gasteiger partial charge in [-0.3, -0.25) is 4.79 Å². The molecule has 0 bridgehead atoms. The van der Waals surface area contributed by atoms with Crippen molar-refractivity contribution < 1.29 is 22.7 Å². The molecule has 7 nitrogen and oxygen atoms in total. The summed E-state index contributed by atoms with van der Waals surface area (Å²) in [6.07, 6.45) is 0.701. The lowest BCUT2D eigenvalue weighted by molar-refractivity contribution is -0.139. The zero-order valence-corrected chi connectivity index (χ0v) is 15.2. The lowest BCUT2D eigenvalue weighted by atomic mass is 9.99. The van der Waals surface area contributed by atoms with E-state index >= 15 is 0 Å². The fourth-order valence-corrected chi connectivity index (χ4v) is 3.15. The Morgan fingerprint density at radius 3 is 2.82 bits per heavy atom. The molecule has 0 spiro atoms. The van der Waals surface area contributed by atoms with Crippen LogP contribution in [0.5, 0.6) is 0 Å². The number of piperidine rings is 1. The van der Waals surface area contributed by atoms with Crippen molar-refractivity contribution in [3.05, 3.63) is 41.9 Å². The first-order valence-electron chi connectivity index (χ1n) is 8.80. The number of nitrogens with one attached hydrogen (secondary N) is 1. The number of ether oxygens (including phenoxy) is 1. The van der Waals surface area contributed by atoms with Gasteiger partial charge in [0.05, 0.1) is 17.3 Å². The molecule has 1 amide bonds. The molecule has 0 aliphatic carbocycles. The van der Waals surface area contributed by atoms with Crippen molar-refractivity contribution in [2.24, 2.45) is 0 Å². The molecule has 1 aliphatic rings. The fraction of sp³-hybridized carbons (Fsp3) is 0.444. The first-order chi connectivity index (χ1) is 13.4. The van der Waals surface area contributed by atoms with Crippen LogP contribution in [0.3, 0.4) is 0 Å². The highest BCUT2D eigenvalue weighted by atomic mass is 19.4. The van der Waals surface area contributed by atoms with Crippen LogP contribution in [0.4, 0.5) is 24.9 Å². The maximum absolute atomic E-state index is 12.9. The summed E-state index contributed by atoms with van der Waals surface area (Å²) < 4.78 is 43.5. The van der Waals surface area contributed by atoms with Crippen molar-refractivity contribution in [2.75, 3.05) is 25.6 Å². The minimum absolute atomic E-state index is 0.0112. The summed E-state index contributed by atoms with van der Waals surface area (Å²) in [4.78, 5) is 26.4. The van der Waals surface area contributed by atoms with E-state index in [1.807, 2.05) is 0 Å². The molecule has 2 aromatic heterocycles. The number of aromatic nitrogens is 3. The monoisotopic (exact) mass is 395 g/mol. The Kier molecular flexibility index (Phi) is 6.08. The van der Waals surface area contributed by atoms with Crippen molar-refractivity contribution in [3.8, 4) is 0 Å². The molecule has 150 valence electrons. The molecule has 1 fully saturated rings. The Morgan fingerprint density at radius 2 is 2.07 bits per heavy atom. The quantitative estimate of drug-likeness (QED) is 0.837. The normalized spacial score (nSPS) is 17.4. The summed E-state index contributed by atoms with van der Waals surface area (Å²) in [5.74, 6) is -0.0168. The Balaban J connectivity index is 1.81. The van der Waals surface area contributed by atoms with Gasteiger partial charge in [-0.05, 0) is 37.5 Å². The smallest absolute Gasteiger partial charge is 0.375 e. The number of hydrogen-bond donors (Lipinski definition) is 1. The Morgan fingerprint density at radius 1 is 1.29 bits per heavy atom. The van der Waals surface area contributed by atoms with E-state index in [1.54, 1.807) is 11.0 Å². The lowest BCUT2D eigenvalue weighted by Gasteiger charge is -2.35. The third kappa shape index (κ3) is 4.75. The van der Waals surface area contributed by atoms with E-state index in [1.165, 1.54) is 13.3 Å². The van der Waals surface area contributed by atoms with Crippen molar-refractivity contribution in [1.82, 2.24) is 19.9 Å². The highest BCUT2D eigenvalue weighted by molar-refractivity contribution is 5.78. The SMILES string of the molecule is COCC(=O)N1CCCCC1c1ccnc(Nc2cc(C(F)(F)F)ccn2)n1. The van der Waals surface area contributed by atoms with Crippen molar-refractivity contribution in [1.29, 1.82) is 0 Å². The van der Waals surface area contributed by atoms with Crippen molar-refractivity contribution in [3.63, 3.8) is 0 Å². The molecule has 0 radical (unpaired) electrons. The maximum Gasteiger partial charge on any atom is 0.416 e. The second-order valence-corrected chi connectivity index (χ2v) is 6.39. The third-order valence-corrected chi connectivity index (χ3v) is 4.44. The number of methoxy groups -OCH3 is 1. The number of rotatable bonds is 5. The fourth-order valence-electron chi connectivity index (χ4n) is 3.15. The number of carbonyl (C=O) groups excluding carboxylic acids is 1. The number of pyridine rings is 1. The third-order valence-electron chi connectivity index (χ3n) is 4.44. The number of halogens is 3. The number of likely N-dealkylation sites (tertiary alicyclic amines) is 1. The van der Waals surface area contributed by atoms with Gasteiger partial charge in [-0.15, -0.1) is 0 Å². The number of carbonyl (C=O) groups is 1. The van der Waals surface area contributed by atoms with Gasteiger partial charge in [0.25, 0.3) is 0 Å². The predicted molar refractivity (Wildman–Crippen MR) is 94.7 cm³/mol. The van der Waals surface area contributed by atoms with Gasteiger partial charge >= 0.3 is 6.18 Å². The Labute approximate surface area is 160 Å². The van der Waals surface area contributed by atoms with Gasteiger partial charge in [0, 0.05) is 26.0 Å². The molecule has 3 heterocycles. The predicted octanol–water partition coefficient (Wildman–Crippen LogP) is 3.33. The molecule has 2 aromatic rings. The van der Waals surface area contributed by atoms with Crippen molar-refractivity contribution >= 4 is 17.7 Å². The van der Waals surface area contributed by atoms with E-state index in [-0.39, 0.29) is 30.3 Å². The lowest BCUT2D eigenvalue weighted by Crippen LogP contribution is -2.40. The zero-order valence-electron chi connectivity index (χ0n) is 15.2. The van der Waals surface area contributed by atoms with Crippen LogP contribution in [0.1, 0.15) is 36.6 Å². The average molecular weight is 395 g/mol. The Hall–Kier alpha value is -2.75. The first-order valence-corrected chi connectivity index (χ1v) is 8.80. The summed E-state index contributed by atoms with van der Waals surface area (Å²) in [7, 11) is 1.46. The van der Waals surface area contributed by atoms with Crippen LogP contribution in [0.25, 0.3) is 0 Å². The van der Waals surface area contributed by atoms with E-state index in [0.29, 0.717) is 12.2 Å². The molecule has 3 rings (SSSR count). The molecule has 1 N–H and O–H groups in total. The highest BCUT2D eigenvalue weighted by Crippen LogP contribution is 2.32. The van der Waals surface area contributed by atoms with E-state index in [0.717, 1.165) is 37.6 Å². The standard InChI is InChI=1S/C18H20F3N5O2/c1-28-11-16(27)26-9-3-2-4-14(26)13-6-8-23-17(24-13)25-15-10-12(5-7-22-15)18(19,20)21/h5-8,10,14H,2-4,9,11H2,1H3,(H,22,23,24,25). The summed E-state index contributed by atoms with van der Waals surface area (Å²) in [6.45, 7) is 0.593. The van der Waals surface area contributed by atoms with Gasteiger partial charge in [-0.2, -0.15) is 13.2 Å². The van der Waals surface area contributed by atoms with Gasteiger partial charge < -0.3 is 15.0 Å². The van der Waals surface area contributed by atoms with Crippen LogP contribution in [0, 0.1) is 0 Å². The molecule has 0 aromatic carbocycles. The summed E-state index contributed by atoms with van der Waals surface area (Å²) >= 11 is 0. The van der Waals surface area contributed by atoms with Crippen LogP contribution < -0.4 is 5.32 Å². The number of alkyl halides is 3. The zero-order chi connectivity index (χ0) is 20.1. The topological polar surface area (TPSA) is 80.2 Å². The van der Waals surface area contributed by atoms with Crippen LogP contribution >= 0.6 is 0 Å². The summed E-state index contributed by atoms with van der Waals surface area (Å²) in [6, 6.07) is 3.26. The molecule has 1 aliphatic heterocycles. The molecule has 10 heteroatoms. The maximum atomic E-state index is 12.9. The second-order valence-electron chi connectivity index (χ2n) is 6.39. The van der Waals surface area contributed by atoms with Gasteiger partial charge in [-0.1, -0.05) is 0 Å². The molecule has 1 unspecified atom stereocenters. The van der Waals surface area contributed by atoms with E-state index in [4.69, 9.17) is 4.74 Å². The first kappa shape index (κ1) is 20.0. The van der Waals surface area contributed by atoms with Crippen LogP contribution in [0.2, 0.25) is 0 Å². The van der Waals surface area contributed by atoms with Gasteiger partial charge in [0.2, 0.25) is 11.9 Å². The number of nitrogens with zero attached hydrogens (tertiary/aromatic N) is 4. The van der Waals surface area contributed by atoms with Crippen LogP contribution in [-0.2, 0) is 15.7 Å². The number of hydrogen-bond acceptors (Lipinski definition) is 6. The van der Waals surface area contributed by atoms with E-state index in [2.05, 4.69) is 20.3 Å². The minimum Gasteiger partial charge on any atom is -0.375 e. The molecule has 1 saturated heterocycles. The highest BCUT2D eigenvalue weighted by Gasteiger charge is 2.31. The molecular weight excluding hydrogens is 375 g/mol. The van der Waals surface area contributed by atoms with Gasteiger partial charge in [-0.25, -0.2) is 15.0 Å². The molecule has 28 heavy (non-hydrogen) atoms. The second kappa shape index (κ2) is 8.51. The van der Waals surface area contributed by atoms with E-state index in [9.17, 15) is 18.0 Å². The van der Waals surface area contributed by atoms with Gasteiger partial charge in [0.1, 0.15) is 12.4 Å². The largest absolute Gasteiger partial charge is 0.416 e. The summed E-state index contributed by atoms with van der Waals surface area (Å²) in [5, 5.41) is 2.70.